The first-order valence-electron chi connectivity index (χ1n) is 6.86. The van der Waals surface area contributed by atoms with Gasteiger partial charge in [-0.2, -0.15) is 0 Å². The molecule has 0 fully saturated rings. The molecule has 0 radical (unpaired) electrons. The van der Waals surface area contributed by atoms with Crippen LogP contribution in [0.5, 0.6) is 5.75 Å². The molecule has 0 amide bonds. The number of rotatable bonds is 8. The fraction of sp³-hybridized carbons (Fsp3) is 0.294. The minimum absolute atomic E-state index is 0.568. The van der Waals surface area contributed by atoms with Crippen LogP contribution in [-0.2, 0) is 17.9 Å². The second-order valence-corrected chi connectivity index (χ2v) is 4.56. The molecular formula is C17H21NO2. The minimum Gasteiger partial charge on any atom is -0.491 e. The summed E-state index contributed by atoms with van der Waals surface area (Å²) in [5, 5.41) is 3.12. The molecule has 0 saturated heterocycles. The predicted molar refractivity (Wildman–Crippen MR) is 80.8 cm³/mol. The van der Waals surface area contributed by atoms with E-state index in [-0.39, 0.29) is 0 Å². The molecule has 20 heavy (non-hydrogen) atoms. The van der Waals surface area contributed by atoms with Crippen molar-refractivity contribution < 1.29 is 9.47 Å². The van der Waals surface area contributed by atoms with Gasteiger partial charge in [-0.05, 0) is 30.3 Å². The maximum atomic E-state index is 5.63. The Hall–Kier alpha value is -1.84. The minimum atomic E-state index is 0.568. The fourth-order valence-electron chi connectivity index (χ4n) is 1.89. The van der Waals surface area contributed by atoms with Crippen LogP contribution in [0, 0.1) is 0 Å². The van der Waals surface area contributed by atoms with E-state index >= 15 is 0 Å². The van der Waals surface area contributed by atoms with Crippen molar-refractivity contribution in [2.45, 2.75) is 13.2 Å². The summed E-state index contributed by atoms with van der Waals surface area (Å²) in [5.41, 5.74) is 2.43. The molecule has 1 N–H and O–H groups in total. The molecule has 2 aromatic carbocycles. The van der Waals surface area contributed by atoms with Gasteiger partial charge in [-0.15, -0.1) is 0 Å². The van der Waals surface area contributed by atoms with E-state index in [1.807, 2.05) is 37.4 Å². The molecule has 0 aliphatic rings. The van der Waals surface area contributed by atoms with Crippen LogP contribution in [-0.4, -0.2) is 20.3 Å². The summed E-state index contributed by atoms with van der Waals surface area (Å²) >= 11 is 0. The zero-order valence-corrected chi connectivity index (χ0v) is 11.8. The zero-order valence-electron chi connectivity index (χ0n) is 11.8. The van der Waals surface area contributed by atoms with E-state index < -0.39 is 0 Å². The Labute approximate surface area is 120 Å². The summed E-state index contributed by atoms with van der Waals surface area (Å²) < 4.78 is 11.2. The molecule has 0 spiro atoms. The van der Waals surface area contributed by atoms with E-state index in [4.69, 9.17) is 9.47 Å². The predicted octanol–water partition coefficient (Wildman–Crippen LogP) is 3.00. The molecule has 0 bridgehead atoms. The topological polar surface area (TPSA) is 30.5 Å². The van der Waals surface area contributed by atoms with Gasteiger partial charge in [0.15, 0.2) is 0 Å². The Balaban J connectivity index is 1.63. The van der Waals surface area contributed by atoms with Crippen LogP contribution < -0.4 is 10.1 Å². The summed E-state index contributed by atoms with van der Waals surface area (Å²) in [7, 11) is 1.94. The van der Waals surface area contributed by atoms with Gasteiger partial charge in [0.25, 0.3) is 0 Å². The van der Waals surface area contributed by atoms with Gasteiger partial charge in [-0.25, -0.2) is 0 Å². The van der Waals surface area contributed by atoms with Gasteiger partial charge in [0, 0.05) is 6.54 Å². The highest BCUT2D eigenvalue weighted by atomic mass is 16.5. The normalized spacial score (nSPS) is 10.4. The van der Waals surface area contributed by atoms with Gasteiger partial charge in [0.1, 0.15) is 12.4 Å². The Morgan fingerprint density at radius 1 is 0.850 bits per heavy atom. The van der Waals surface area contributed by atoms with Crippen LogP contribution in [0.25, 0.3) is 0 Å². The zero-order chi connectivity index (χ0) is 14.0. The standard InChI is InChI=1S/C17H21NO2/c1-18-13-15-7-9-17(10-8-15)20-12-11-19-14-16-5-3-2-4-6-16/h2-10,18H,11-14H2,1H3. The molecule has 106 valence electrons. The molecule has 3 nitrogen and oxygen atoms in total. The first-order chi connectivity index (χ1) is 9.88. The molecule has 0 aliphatic heterocycles. The van der Waals surface area contributed by atoms with E-state index in [0.29, 0.717) is 19.8 Å². The molecule has 0 aliphatic carbocycles. The molecule has 0 aromatic heterocycles. The van der Waals surface area contributed by atoms with E-state index in [2.05, 4.69) is 29.6 Å². The summed E-state index contributed by atoms with van der Waals surface area (Å²) in [6.07, 6.45) is 0. The first kappa shape index (κ1) is 14.6. The largest absolute Gasteiger partial charge is 0.491 e. The third kappa shape index (κ3) is 5.03. The molecular weight excluding hydrogens is 250 g/mol. The van der Waals surface area contributed by atoms with Crippen molar-refractivity contribution in [2.24, 2.45) is 0 Å². The Bertz CT molecular complexity index is 482. The fourth-order valence-corrected chi connectivity index (χ4v) is 1.89. The average Bonchev–Trinajstić information content (AvgIpc) is 2.50. The van der Waals surface area contributed by atoms with Crippen molar-refractivity contribution in [3.05, 3.63) is 65.7 Å². The molecule has 3 heteroatoms. The van der Waals surface area contributed by atoms with Crippen molar-refractivity contribution in [2.75, 3.05) is 20.3 Å². The van der Waals surface area contributed by atoms with Gasteiger partial charge in [-0.1, -0.05) is 42.5 Å². The third-order valence-corrected chi connectivity index (χ3v) is 2.91. The van der Waals surface area contributed by atoms with Crippen molar-refractivity contribution in [1.29, 1.82) is 0 Å². The van der Waals surface area contributed by atoms with Crippen molar-refractivity contribution >= 4 is 0 Å². The lowest BCUT2D eigenvalue weighted by atomic mass is 10.2. The average molecular weight is 271 g/mol. The van der Waals surface area contributed by atoms with Crippen LogP contribution in [0.3, 0.4) is 0 Å². The lowest BCUT2D eigenvalue weighted by Gasteiger charge is -2.08. The monoisotopic (exact) mass is 271 g/mol. The highest BCUT2D eigenvalue weighted by Gasteiger charge is 1.96. The molecule has 2 rings (SSSR count). The Morgan fingerprint density at radius 2 is 1.60 bits per heavy atom. The second-order valence-electron chi connectivity index (χ2n) is 4.56. The molecule has 0 unspecified atom stereocenters. The summed E-state index contributed by atoms with van der Waals surface area (Å²) in [6, 6.07) is 18.3. The maximum Gasteiger partial charge on any atom is 0.119 e. The Morgan fingerprint density at radius 3 is 2.30 bits per heavy atom. The van der Waals surface area contributed by atoms with E-state index in [1.165, 1.54) is 11.1 Å². The number of benzene rings is 2. The van der Waals surface area contributed by atoms with Crippen molar-refractivity contribution in [3.8, 4) is 5.75 Å². The SMILES string of the molecule is CNCc1ccc(OCCOCc2ccccc2)cc1. The Kier molecular flexibility index (Phi) is 6.08. The molecule has 0 atom stereocenters. The third-order valence-electron chi connectivity index (χ3n) is 2.91. The van der Waals surface area contributed by atoms with Crippen LogP contribution in [0.1, 0.15) is 11.1 Å². The van der Waals surface area contributed by atoms with Crippen LogP contribution in [0.15, 0.2) is 54.6 Å². The van der Waals surface area contributed by atoms with Gasteiger partial charge in [0.2, 0.25) is 0 Å². The highest BCUT2D eigenvalue weighted by molar-refractivity contribution is 5.27. The van der Waals surface area contributed by atoms with Gasteiger partial charge in [-0.3, -0.25) is 0 Å². The second kappa shape index (κ2) is 8.35. The number of ether oxygens (including phenoxy) is 2. The maximum absolute atomic E-state index is 5.63. The van der Waals surface area contributed by atoms with Crippen LogP contribution in [0.2, 0.25) is 0 Å². The summed E-state index contributed by atoms with van der Waals surface area (Å²) in [4.78, 5) is 0. The van der Waals surface area contributed by atoms with Crippen LogP contribution in [0.4, 0.5) is 0 Å². The molecule has 2 aromatic rings. The number of hydrogen-bond donors (Lipinski definition) is 1. The number of nitrogens with one attached hydrogen (secondary N) is 1. The summed E-state index contributed by atoms with van der Waals surface area (Å²) in [5.74, 6) is 0.883. The first-order valence-corrected chi connectivity index (χ1v) is 6.86. The number of hydrogen-bond acceptors (Lipinski definition) is 3. The van der Waals surface area contributed by atoms with Gasteiger partial charge < -0.3 is 14.8 Å². The smallest absolute Gasteiger partial charge is 0.119 e. The van der Waals surface area contributed by atoms with Crippen molar-refractivity contribution in [3.63, 3.8) is 0 Å². The molecule has 0 heterocycles. The van der Waals surface area contributed by atoms with Gasteiger partial charge >= 0.3 is 0 Å². The van der Waals surface area contributed by atoms with Crippen molar-refractivity contribution in [1.82, 2.24) is 5.32 Å². The van der Waals surface area contributed by atoms with Gasteiger partial charge in [0.05, 0.1) is 13.2 Å². The van der Waals surface area contributed by atoms with E-state index in [1.54, 1.807) is 0 Å². The van der Waals surface area contributed by atoms with Crippen LogP contribution >= 0.6 is 0 Å². The lowest BCUT2D eigenvalue weighted by Crippen LogP contribution is -2.07. The molecule has 0 saturated carbocycles. The van der Waals surface area contributed by atoms with E-state index in [0.717, 1.165) is 12.3 Å². The summed E-state index contributed by atoms with van der Waals surface area (Å²) in [6.45, 7) is 2.66. The lowest BCUT2D eigenvalue weighted by molar-refractivity contribution is 0.0889. The van der Waals surface area contributed by atoms with E-state index in [9.17, 15) is 0 Å². The highest BCUT2D eigenvalue weighted by Crippen LogP contribution is 2.12. The quantitative estimate of drug-likeness (QED) is 0.749.